The predicted molar refractivity (Wildman–Crippen MR) is 67.4 cm³/mol. The fourth-order valence-corrected chi connectivity index (χ4v) is 2.57. The second-order valence-electron chi connectivity index (χ2n) is 5.29. The van der Waals surface area contributed by atoms with Crippen LogP contribution in [0.3, 0.4) is 0 Å². The number of carbonyl (C=O) groups excluding carboxylic acids is 1. The van der Waals surface area contributed by atoms with Crippen LogP contribution in [0, 0.1) is 0 Å². The molecule has 18 heavy (non-hydrogen) atoms. The van der Waals surface area contributed by atoms with E-state index in [4.69, 9.17) is 0 Å². The van der Waals surface area contributed by atoms with E-state index in [9.17, 15) is 9.59 Å². The highest BCUT2D eigenvalue weighted by Crippen LogP contribution is 2.33. The summed E-state index contributed by atoms with van der Waals surface area (Å²) in [4.78, 5) is 26.0. The summed E-state index contributed by atoms with van der Waals surface area (Å²) < 4.78 is 3.29. The van der Waals surface area contributed by atoms with Gasteiger partial charge in [-0.2, -0.15) is 0 Å². The normalized spacial score (nSPS) is 20.1. The van der Waals surface area contributed by atoms with Crippen molar-refractivity contribution in [2.75, 3.05) is 13.1 Å². The average Bonchev–Trinajstić information content (AvgIpc) is 3.17. The maximum absolute atomic E-state index is 12.1. The highest BCUT2D eigenvalue weighted by Gasteiger charge is 2.26. The molecule has 0 N–H and O–H groups in total. The molecule has 1 aromatic rings. The number of likely N-dealkylation sites (tertiary alicyclic amines) is 1. The van der Waals surface area contributed by atoms with E-state index in [-0.39, 0.29) is 18.1 Å². The number of nitrogens with zero attached hydrogens (tertiary/aromatic N) is 3. The lowest BCUT2D eigenvalue weighted by Crippen LogP contribution is -2.39. The van der Waals surface area contributed by atoms with Crippen LogP contribution in [-0.2, 0) is 11.3 Å². The second kappa shape index (κ2) is 4.63. The van der Waals surface area contributed by atoms with Gasteiger partial charge in [0.2, 0.25) is 5.91 Å². The molecule has 98 valence electrons. The van der Waals surface area contributed by atoms with E-state index in [2.05, 4.69) is 0 Å². The van der Waals surface area contributed by atoms with Crippen LogP contribution in [-0.4, -0.2) is 33.0 Å². The number of rotatable bonds is 3. The molecule has 1 aliphatic heterocycles. The van der Waals surface area contributed by atoms with E-state index < -0.39 is 0 Å². The van der Waals surface area contributed by atoms with Crippen LogP contribution in [0.4, 0.5) is 0 Å². The van der Waals surface area contributed by atoms with Crippen LogP contribution in [0.15, 0.2) is 17.2 Å². The van der Waals surface area contributed by atoms with E-state index in [1.807, 2.05) is 11.1 Å². The van der Waals surface area contributed by atoms with Gasteiger partial charge in [-0.1, -0.05) is 0 Å². The Labute approximate surface area is 106 Å². The fourth-order valence-electron chi connectivity index (χ4n) is 2.57. The van der Waals surface area contributed by atoms with Crippen molar-refractivity contribution in [3.8, 4) is 0 Å². The largest absolute Gasteiger partial charge is 0.341 e. The molecule has 1 saturated heterocycles. The highest BCUT2D eigenvalue weighted by molar-refractivity contribution is 5.76. The first kappa shape index (κ1) is 11.6. The molecular formula is C13H19N3O2. The van der Waals surface area contributed by atoms with Gasteiger partial charge in [-0.3, -0.25) is 13.9 Å². The van der Waals surface area contributed by atoms with Crippen LogP contribution in [0.2, 0.25) is 0 Å². The van der Waals surface area contributed by atoms with E-state index in [1.54, 1.807) is 10.8 Å². The molecule has 1 aromatic heterocycles. The molecular weight excluding hydrogens is 230 g/mol. The minimum absolute atomic E-state index is 0.0390. The van der Waals surface area contributed by atoms with Gasteiger partial charge >= 0.3 is 5.69 Å². The van der Waals surface area contributed by atoms with Crippen molar-refractivity contribution in [2.45, 2.75) is 44.7 Å². The average molecular weight is 249 g/mol. The summed E-state index contributed by atoms with van der Waals surface area (Å²) in [7, 11) is 0. The van der Waals surface area contributed by atoms with Crippen LogP contribution in [0.25, 0.3) is 0 Å². The van der Waals surface area contributed by atoms with Crippen molar-refractivity contribution < 1.29 is 4.79 Å². The van der Waals surface area contributed by atoms with Gasteiger partial charge < -0.3 is 4.90 Å². The van der Waals surface area contributed by atoms with Crippen molar-refractivity contribution in [1.29, 1.82) is 0 Å². The quantitative estimate of drug-likeness (QED) is 0.802. The molecule has 1 aliphatic carbocycles. The maximum Gasteiger partial charge on any atom is 0.328 e. The molecule has 2 aliphatic rings. The first-order valence-electron chi connectivity index (χ1n) is 6.81. The first-order chi connectivity index (χ1) is 8.75. The van der Waals surface area contributed by atoms with E-state index >= 15 is 0 Å². The molecule has 0 spiro atoms. The minimum atomic E-state index is -0.0390. The fraction of sp³-hybridized carbons (Fsp3) is 0.692. The highest BCUT2D eigenvalue weighted by atomic mass is 16.2. The molecule has 5 nitrogen and oxygen atoms in total. The molecule has 3 rings (SSSR count). The molecule has 0 bridgehead atoms. The number of amides is 1. The Hall–Kier alpha value is -1.52. The molecule has 1 saturated carbocycles. The molecule has 2 heterocycles. The third-order valence-electron chi connectivity index (χ3n) is 3.83. The number of hydrogen-bond donors (Lipinski definition) is 0. The third kappa shape index (κ3) is 2.21. The van der Waals surface area contributed by atoms with Crippen molar-refractivity contribution in [3.05, 3.63) is 22.9 Å². The smallest absolute Gasteiger partial charge is 0.328 e. The Balaban J connectivity index is 1.68. The summed E-state index contributed by atoms with van der Waals surface area (Å²) in [5.41, 5.74) is -0.0390. The van der Waals surface area contributed by atoms with E-state index in [0.717, 1.165) is 38.8 Å². The molecule has 1 amide bonds. The van der Waals surface area contributed by atoms with Crippen molar-refractivity contribution in [1.82, 2.24) is 14.0 Å². The molecule has 0 atom stereocenters. The molecule has 0 radical (unpaired) electrons. The number of carbonyl (C=O) groups is 1. The number of imidazole rings is 1. The van der Waals surface area contributed by atoms with Gasteiger partial charge in [0.15, 0.2) is 0 Å². The summed E-state index contributed by atoms with van der Waals surface area (Å²) in [6.45, 7) is 1.88. The molecule has 0 unspecified atom stereocenters. The third-order valence-corrected chi connectivity index (χ3v) is 3.83. The van der Waals surface area contributed by atoms with E-state index in [0.29, 0.717) is 6.04 Å². The zero-order chi connectivity index (χ0) is 12.5. The zero-order valence-electron chi connectivity index (χ0n) is 10.5. The Bertz CT molecular complexity index is 493. The Kier molecular flexibility index (Phi) is 2.97. The first-order valence-corrected chi connectivity index (χ1v) is 6.81. The standard InChI is InChI=1S/C13H19N3O2/c17-12(14-6-2-1-3-7-14)10-15-8-9-16(13(15)18)11-4-5-11/h8-9,11H,1-7,10H2. The van der Waals surface area contributed by atoms with Gasteiger partial charge in [0, 0.05) is 31.5 Å². The number of hydrogen-bond acceptors (Lipinski definition) is 2. The van der Waals surface area contributed by atoms with Crippen molar-refractivity contribution in [2.24, 2.45) is 0 Å². The van der Waals surface area contributed by atoms with Crippen LogP contribution in [0.5, 0.6) is 0 Å². The van der Waals surface area contributed by atoms with Crippen LogP contribution >= 0.6 is 0 Å². The second-order valence-corrected chi connectivity index (χ2v) is 5.29. The van der Waals surface area contributed by atoms with Gasteiger partial charge in [0.25, 0.3) is 0 Å². The Morgan fingerprint density at radius 3 is 2.56 bits per heavy atom. The topological polar surface area (TPSA) is 47.2 Å². The van der Waals surface area contributed by atoms with Crippen molar-refractivity contribution in [3.63, 3.8) is 0 Å². The summed E-state index contributed by atoms with van der Waals surface area (Å²) in [5, 5.41) is 0. The summed E-state index contributed by atoms with van der Waals surface area (Å²) >= 11 is 0. The summed E-state index contributed by atoms with van der Waals surface area (Å²) in [5.74, 6) is 0.0744. The predicted octanol–water partition coefficient (Wildman–Crippen LogP) is 0.997. The SMILES string of the molecule is O=C(Cn1ccn(C2CC2)c1=O)N1CCCCC1. The lowest BCUT2D eigenvalue weighted by molar-refractivity contribution is -0.132. The van der Waals surface area contributed by atoms with Crippen LogP contribution in [0.1, 0.15) is 38.1 Å². The van der Waals surface area contributed by atoms with Gasteiger partial charge in [-0.05, 0) is 32.1 Å². The lowest BCUT2D eigenvalue weighted by Gasteiger charge is -2.26. The lowest BCUT2D eigenvalue weighted by atomic mass is 10.1. The molecule has 5 heteroatoms. The monoisotopic (exact) mass is 249 g/mol. The van der Waals surface area contributed by atoms with Gasteiger partial charge in [-0.15, -0.1) is 0 Å². The number of aromatic nitrogens is 2. The minimum Gasteiger partial charge on any atom is -0.341 e. The maximum atomic E-state index is 12.1. The zero-order valence-corrected chi connectivity index (χ0v) is 10.5. The van der Waals surface area contributed by atoms with Gasteiger partial charge in [0.05, 0.1) is 0 Å². The van der Waals surface area contributed by atoms with E-state index in [1.165, 1.54) is 11.0 Å². The van der Waals surface area contributed by atoms with Gasteiger partial charge in [-0.25, -0.2) is 4.79 Å². The van der Waals surface area contributed by atoms with Crippen molar-refractivity contribution >= 4 is 5.91 Å². The summed E-state index contributed by atoms with van der Waals surface area (Å²) in [6, 6.07) is 0.379. The Morgan fingerprint density at radius 1 is 1.17 bits per heavy atom. The molecule has 0 aromatic carbocycles. The summed E-state index contributed by atoms with van der Waals surface area (Å²) in [6.07, 6.45) is 9.11. The van der Waals surface area contributed by atoms with Gasteiger partial charge in [0.1, 0.15) is 6.54 Å². The Morgan fingerprint density at radius 2 is 1.89 bits per heavy atom. The number of piperidine rings is 1. The van der Waals surface area contributed by atoms with Crippen LogP contribution < -0.4 is 5.69 Å². The molecule has 2 fully saturated rings.